The smallest absolute Gasteiger partial charge is 0.243 e. The molecule has 0 heterocycles. The largest absolute Gasteiger partial charge is 0.354 e. The van der Waals surface area contributed by atoms with Crippen LogP contribution in [0.5, 0.6) is 0 Å². The Kier molecular flexibility index (Phi) is 9.89. The zero-order valence-corrected chi connectivity index (χ0v) is 21.5. The first kappa shape index (κ1) is 25.7. The normalized spacial score (nSPS) is 11.8. The third kappa shape index (κ3) is 8.14. The maximum atomic E-state index is 13.6. The van der Waals surface area contributed by atoms with E-state index in [1.54, 1.807) is 4.90 Å². The zero-order valence-electron chi connectivity index (χ0n) is 19.9. The Morgan fingerprint density at radius 3 is 2.09 bits per heavy atom. The summed E-state index contributed by atoms with van der Waals surface area (Å²) in [4.78, 5) is 28.8. The van der Waals surface area contributed by atoms with Crippen LogP contribution >= 0.6 is 15.9 Å². The number of carbonyl (C=O) groups is 2. The van der Waals surface area contributed by atoms with Crippen LogP contribution in [0, 0.1) is 5.92 Å². The van der Waals surface area contributed by atoms with E-state index < -0.39 is 6.04 Å². The zero-order chi connectivity index (χ0) is 24.3. The summed E-state index contributed by atoms with van der Waals surface area (Å²) in [5.74, 6) is 0.193. The van der Waals surface area contributed by atoms with Crippen LogP contribution in [0.15, 0.2) is 89.4 Å². The molecule has 0 radical (unpaired) electrons. The average Bonchev–Trinajstić information content (AvgIpc) is 2.84. The SMILES string of the molecule is CC(C)CNC(=O)[C@H](Cc1ccccc1)N(Cc1cccc(Br)c1)C(=O)CCc1ccccc1. The molecule has 0 aliphatic rings. The van der Waals surface area contributed by atoms with Crippen molar-refractivity contribution in [2.75, 3.05) is 6.54 Å². The Bertz CT molecular complexity index is 1050. The number of aryl methyl sites for hydroxylation is 1. The number of rotatable bonds is 11. The van der Waals surface area contributed by atoms with Crippen molar-refractivity contribution < 1.29 is 9.59 Å². The molecule has 1 N–H and O–H groups in total. The Hall–Kier alpha value is -2.92. The standard InChI is InChI=1S/C29H33BrN2O2/c1-22(2)20-31-29(34)27(19-24-12-7-4-8-13-24)32(21-25-14-9-15-26(30)18-25)28(33)17-16-23-10-5-3-6-11-23/h3-15,18,22,27H,16-17,19-21H2,1-2H3,(H,31,34)/t27-/m0/s1. The maximum absolute atomic E-state index is 13.6. The molecule has 0 aromatic heterocycles. The van der Waals surface area contributed by atoms with Crippen molar-refractivity contribution in [3.8, 4) is 0 Å². The fourth-order valence-corrected chi connectivity index (χ4v) is 4.29. The van der Waals surface area contributed by atoms with Gasteiger partial charge in [-0.2, -0.15) is 0 Å². The Morgan fingerprint density at radius 2 is 1.47 bits per heavy atom. The van der Waals surface area contributed by atoms with Crippen molar-refractivity contribution in [2.45, 2.75) is 45.7 Å². The van der Waals surface area contributed by atoms with Gasteiger partial charge in [0.15, 0.2) is 0 Å². The molecule has 178 valence electrons. The van der Waals surface area contributed by atoms with E-state index in [0.29, 0.717) is 38.3 Å². The molecule has 0 spiro atoms. The molecule has 4 nitrogen and oxygen atoms in total. The fraction of sp³-hybridized carbons (Fsp3) is 0.310. The molecule has 34 heavy (non-hydrogen) atoms. The summed E-state index contributed by atoms with van der Waals surface area (Å²) in [5, 5.41) is 3.07. The Morgan fingerprint density at radius 1 is 0.853 bits per heavy atom. The number of hydrogen-bond acceptors (Lipinski definition) is 2. The van der Waals surface area contributed by atoms with Gasteiger partial charge < -0.3 is 10.2 Å². The van der Waals surface area contributed by atoms with Crippen LogP contribution in [0.3, 0.4) is 0 Å². The van der Waals surface area contributed by atoms with Gasteiger partial charge in [-0.25, -0.2) is 0 Å². The van der Waals surface area contributed by atoms with Gasteiger partial charge in [0.2, 0.25) is 11.8 Å². The van der Waals surface area contributed by atoms with Crippen molar-refractivity contribution in [2.24, 2.45) is 5.92 Å². The van der Waals surface area contributed by atoms with Gasteiger partial charge in [-0.15, -0.1) is 0 Å². The number of amides is 2. The molecular formula is C29H33BrN2O2. The summed E-state index contributed by atoms with van der Waals surface area (Å²) in [5.41, 5.74) is 3.13. The summed E-state index contributed by atoms with van der Waals surface area (Å²) in [6.07, 6.45) is 1.46. The third-order valence-electron chi connectivity index (χ3n) is 5.67. The van der Waals surface area contributed by atoms with E-state index in [9.17, 15) is 9.59 Å². The van der Waals surface area contributed by atoms with Crippen molar-refractivity contribution in [1.82, 2.24) is 10.2 Å². The number of benzene rings is 3. The highest BCUT2D eigenvalue weighted by Crippen LogP contribution is 2.19. The van der Waals surface area contributed by atoms with Crippen LogP contribution in [0.4, 0.5) is 0 Å². The summed E-state index contributed by atoms with van der Waals surface area (Å²) in [6, 6.07) is 27.2. The van der Waals surface area contributed by atoms with Gasteiger partial charge in [0.25, 0.3) is 0 Å². The highest BCUT2D eigenvalue weighted by atomic mass is 79.9. The van der Waals surface area contributed by atoms with E-state index in [4.69, 9.17) is 0 Å². The van der Waals surface area contributed by atoms with Gasteiger partial charge in [0, 0.05) is 30.4 Å². The minimum atomic E-state index is -0.594. The summed E-state index contributed by atoms with van der Waals surface area (Å²) in [7, 11) is 0. The molecule has 5 heteroatoms. The lowest BCUT2D eigenvalue weighted by molar-refractivity contribution is -0.141. The molecular weight excluding hydrogens is 488 g/mol. The summed E-state index contributed by atoms with van der Waals surface area (Å²) in [6.45, 7) is 5.08. The lowest BCUT2D eigenvalue weighted by Gasteiger charge is -2.32. The summed E-state index contributed by atoms with van der Waals surface area (Å²) < 4.78 is 0.950. The molecule has 0 aliphatic heterocycles. The molecule has 0 fully saturated rings. The van der Waals surface area contributed by atoms with E-state index >= 15 is 0 Å². The highest BCUT2D eigenvalue weighted by Gasteiger charge is 2.30. The molecule has 0 unspecified atom stereocenters. The van der Waals surface area contributed by atoms with Gasteiger partial charge in [-0.05, 0) is 41.2 Å². The van der Waals surface area contributed by atoms with Crippen LogP contribution in [0.2, 0.25) is 0 Å². The van der Waals surface area contributed by atoms with E-state index in [0.717, 1.165) is 21.2 Å². The predicted molar refractivity (Wildman–Crippen MR) is 141 cm³/mol. The molecule has 3 aromatic rings. The monoisotopic (exact) mass is 520 g/mol. The van der Waals surface area contributed by atoms with Crippen LogP contribution < -0.4 is 5.32 Å². The first-order valence-electron chi connectivity index (χ1n) is 11.8. The fourth-order valence-electron chi connectivity index (χ4n) is 3.85. The van der Waals surface area contributed by atoms with E-state index in [1.165, 1.54) is 0 Å². The molecule has 1 atom stereocenters. The number of halogens is 1. The quantitative estimate of drug-likeness (QED) is 0.347. The minimum absolute atomic E-state index is 0.0237. The van der Waals surface area contributed by atoms with Gasteiger partial charge in [-0.1, -0.05) is 103 Å². The molecule has 0 bridgehead atoms. The molecule has 0 saturated heterocycles. The van der Waals surface area contributed by atoms with Crippen molar-refractivity contribution >= 4 is 27.7 Å². The second-order valence-corrected chi connectivity index (χ2v) is 9.90. The van der Waals surface area contributed by atoms with Crippen LogP contribution in [0.25, 0.3) is 0 Å². The second-order valence-electron chi connectivity index (χ2n) is 8.98. The highest BCUT2D eigenvalue weighted by molar-refractivity contribution is 9.10. The van der Waals surface area contributed by atoms with Gasteiger partial charge >= 0.3 is 0 Å². The number of carbonyl (C=O) groups excluding carboxylic acids is 2. The average molecular weight is 521 g/mol. The first-order chi connectivity index (χ1) is 16.4. The van der Waals surface area contributed by atoms with Crippen molar-refractivity contribution in [3.63, 3.8) is 0 Å². The number of hydrogen-bond donors (Lipinski definition) is 1. The molecule has 3 aromatic carbocycles. The van der Waals surface area contributed by atoms with E-state index in [-0.39, 0.29) is 11.8 Å². The summed E-state index contributed by atoms with van der Waals surface area (Å²) >= 11 is 3.53. The van der Waals surface area contributed by atoms with Crippen LogP contribution in [0.1, 0.15) is 37.0 Å². The lowest BCUT2D eigenvalue weighted by atomic mass is 10.0. The molecule has 2 amide bonds. The third-order valence-corrected chi connectivity index (χ3v) is 6.16. The Labute approximate surface area is 211 Å². The Balaban J connectivity index is 1.89. The molecule has 0 saturated carbocycles. The topological polar surface area (TPSA) is 49.4 Å². The van der Waals surface area contributed by atoms with Crippen molar-refractivity contribution in [1.29, 1.82) is 0 Å². The van der Waals surface area contributed by atoms with Gasteiger partial charge in [-0.3, -0.25) is 9.59 Å². The van der Waals surface area contributed by atoms with Crippen molar-refractivity contribution in [3.05, 3.63) is 106 Å². The maximum Gasteiger partial charge on any atom is 0.243 e. The first-order valence-corrected chi connectivity index (χ1v) is 12.6. The van der Waals surface area contributed by atoms with Crippen LogP contribution in [-0.4, -0.2) is 29.3 Å². The molecule has 3 rings (SSSR count). The number of nitrogens with one attached hydrogen (secondary N) is 1. The predicted octanol–water partition coefficient (Wildman–Crippen LogP) is 5.79. The lowest BCUT2D eigenvalue weighted by Crippen LogP contribution is -2.51. The molecule has 0 aliphatic carbocycles. The van der Waals surface area contributed by atoms with Crippen LogP contribution in [-0.2, 0) is 29.0 Å². The van der Waals surface area contributed by atoms with E-state index in [1.807, 2.05) is 84.9 Å². The minimum Gasteiger partial charge on any atom is -0.354 e. The van der Waals surface area contributed by atoms with E-state index in [2.05, 4.69) is 35.1 Å². The number of nitrogens with zero attached hydrogens (tertiary/aromatic N) is 1. The second kappa shape index (κ2) is 13.1. The van der Waals surface area contributed by atoms with Gasteiger partial charge in [0.1, 0.15) is 6.04 Å². The van der Waals surface area contributed by atoms with Gasteiger partial charge in [0.05, 0.1) is 0 Å².